The van der Waals surface area contributed by atoms with Crippen LogP contribution in [0.4, 0.5) is 0 Å². The van der Waals surface area contributed by atoms with Crippen LogP contribution in [0.3, 0.4) is 0 Å². The van der Waals surface area contributed by atoms with Crippen LogP contribution in [-0.2, 0) is 0 Å². The van der Waals surface area contributed by atoms with E-state index < -0.39 is 0 Å². The van der Waals surface area contributed by atoms with Gasteiger partial charge in [-0.3, -0.25) is 4.79 Å². The maximum Gasteiger partial charge on any atom is 0.156 e. The van der Waals surface area contributed by atoms with Crippen LogP contribution in [0.1, 0.15) is 10.4 Å². The van der Waals surface area contributed by atoms with Crippen molar-refractivity contribution >= 4 is 39.4 Å². The lowest BCUT2D eigenvalue weighted by atomic mass is 10.4. The Morgan fingerprint density at radius 3 is 2.00 bits per heavy atom. The molecule has 3 nitrogen and oxygen atoms in total. The first-order chi connectivity index (χ1) is 4.75. The first-order valence-corrected chi connectivity index (χ1v) is 3.12. The molecule has 0 amide bonds. The van der Waals surface area contributed by atoms with Gasteiger partial charge in [-0.1, -0.05) is 23.2 Å². The van der Waals surface area contributed by atoms with Gasteiger partial charge in [-0.25, -0.2) is 9.97 Å². The molecular formula is C5H2Cl2N2OP. The largest absolute Gasteiger partial charge is 0.298 e. The lowest BCUT2D eigenvalue weighted by molar-refractivity contribution is 0.112. The number of aromatic nitrogens is 2. The second-order valence-corrected chi connectivity index (χ2v) is 2.20. The number of carbonyl (C=O) groups excluding carboxylic acids is 1. The number of hydrogen-bond donors (Lipinski definition) is 0. The molecule has 0 spiro atoms. The van der Waals surface area contributed by atoms with Crippen LogP contribution in [0.5, 0.6) is 0 Å². The highest BCUT2D eigenvalue weighted by molar-refractivity contribution is 6.92. The molecular weight excluding hydrogens is 206 g/mol. The Kier molecular flexibility index (Phi) is 4.50. The standard InChI is InChI=1S/C5H2Cl2N2O.P/c6-4-3(1-10)5(7)9-2-8-4;/h1-2H;. The Morgan fingerprint density at radius 1 is 1.27 bits per heavy atom. The fourth-order valence-corrected chi connectivity index (χ4v) is 0.855. The minimum atomic E-state index is 0. The summed E-state index contributed by atoms with van der Waals surface area (Å²) >= 11 is 10.9. The molecule has 6 heteroatoms. The predicted octanol–water partition coefficient (Wildman–Crippen LogP) is 2.46. The molecule has 0 aliphatic heterocycles. The molecule has 0 bridgehead atoms. The Morgan fingerprint density at radius 2 is 1.73 bits per heavy atom. The number of nitrogens with zero attached hydrogens (tertiary/aromatic N) is 2. The maximum atomic E-state index is 10.2. The lowest BCUT2D eigenvalue weighted by Crippen LogP contribution is -1.89. The van der Waals surface area contributed by atoms with E-state index in [4.69, 9.17) is 23.2 Å². The van der Waals surface area contributed by atoms with Crippen molar-refractivity contribution in [2.24, 2.45) is 0 Å². The highest BCUT2D eigenvalue weighted by atomic mass is 35.5. The van der Waals surface area contributed by atoms with E-state index in [0.717, 1.165) is 0 Å². The molecule has 0 fully saturated rings. The zero-order valence-electron chi connectivity index (χ0n) is 5.16. The summed E-state index contributed by atoms with van der Waals surface area (Å²) in [6.07, 6.45) is 1.71. The van der Waals surface area contributed by atoms with Gasteiger partial charge in [0.2, 0.25) is 0 Å². The van der Waals surface area contributed by atoms with E-state index in [9.17, 15) is 4.79 Å². The zero-order valence-corrected chi connectivity index (χ0v) is 7.57. The molecule has 0 aromatic carbocycles. The molecule has 1 aromatic rings. The van der Waals surface area contributed by atoms with Crippen molar-refractivity contribution in [1.82, 2.24) is 9.97 Å². The number of carbonyl (C=O) groups is 1. The van der Waals surface area contributed by atoms with Gasteiger partial charge in [0.1, 0.15) is 16.6 Å². The average Bonchev–Trinajstić information content (AvgIpc) is 1.88. The molecule has 1 heterocycles. The van der Waals surface area contributed by atoms with E-state index in [1.54, 1.807) is 0 Å². The molecule has 0 aliphatic rings. The first kappa shape index (κ1) is 10.8. The second-order valence-electron chi connectivity index (χ2n) is 1.49. The van der Waals surface area contributed by atoms with Crippen LogP contribution in [-0.4, -0.2) is 16.3 Å². The molecule has 1 aromatic heterocycles. The van der Waals surface area contributed by atoms with Crippen molar-refractivity contribution in [2.45, 2.75) is 0 Å². The molecule has 0 N–H and O–H groups in total. The fraction of sp³-hybridized carbons (Fsp3) is 0. The van der Waals surface area contributed by atoms with Gasteiger partial charge in [-0.05, 0) is 0 Å². The van der Waals surface area contributed by atoms with E-state index in [1.807, 2.05) is 0 Å². The normalized spacial score (nSPS) is 8.55. The highest BCUT2D eigenvalue weighted by Crippen LogP contribution is 2.16. The van der Waals surface area contributed by atoms with Crippen molar-refractivity contribution in [3.63, 3.8) is 0 Å². The van der Waals surface area contributed by atoms with E-state index >= 15 is 0 Å². The summed E-state index contributed by atoms with van der Waals surface area (Å²) in [6, 6.07) is 0. The number of halogens is 2. The van der Waals surface area contributed by atoms with Gasteiger partial charge in [0.25, 0.3) is 0 Å². The van der Waals surface area contributed by atoms with Crippen LogP contribution in [0.15, 0.2) is 6.33 Å². The third-order valence-corrected chi connectivity index (χ3v) is 1.51. The van der Waals surface area contributed by atoms with Gasteiger partial charge in [0.05, 0.1) is 5.56 Å². The number of aldehydes is 1. The van der Waals surface area contributed by atoms with E-state index in [-0.39, 0.29) is 25.8 Å². The quantitative estimate of drug-likeness (QED) is 0.404. The van der Waals surface area contributed by atoms with Crippen LogP contribution in [0.25, 0.3) is 0 Å². The molecule has 1 rings (SSSR count). The number of hydrogen-bond acceptors (Lipinski definition) is 3. The summed E-state index contributed by atoms with van der Waals surface area (Å²) in [5.41, 5.74) is 0.130. The topological polar surface area (TPSA) is 42.9 Å². The SMILES string of the molecule is O=Cc1c(Cl)ncnc1Cl.[P]. The van der Waals surface area contributed by atoms with E-state index in [0.29, 0.717) is 6.29 Å². The van der Waals surface area contributed by atoms with Crippen molar-refractivity contribution in [3.8, 4) is 0 Å². The molecule has 0 unspecified atom stereocenters. The third-order valence-electron chi connectivity index (χ3n) is 0.905. The molecule has 11 heavy (non-hydrogen) atoms. The summed E-state index contributed by atoms with van der Waals surface area (Å²) in [5.74, 6) is 0. The van der Waals surface area contributed by atoms with Crippen molar-refractivity contribution in [1.29, 1.82) is 0 Å². The zero-order chi connectivity index (χ0) is 7.56. The molecule has 0 saturated heterocycles. The van der Waals surface area contributed by atoms with Crippen molar-refractivity contribution < 1.29 is 4.79 Å². The summed E-state index contributed by atoms with van der Waals surface area (Å²) in [4.78, 5) is 17.3. The Labute approximate surface area is 76.8 Å². The fourth-order valence-electron chi connectivity index (χ4n) is 0.452. The van der Waals surface area contributed by atoms with Gasteiger partial charge in [-0.2, -0.15) is 0 Å². The summed E-state index contributed by atoms with van der Waals surface area (Å²) in [7, 11) is 0. The molecule has 57 valence electrons. The summed E-state index contributed by atoms with van der Waals surface area (Å²) in [5, 5.41) is 0.157. The van der Waals surface area contributed by atoms with Gasteiger partial charge in [-0.15, -0.1) is 0 Å². The second kappa shape index (κ2) is 4.60. The summed E-state index contributed by atoms with van der Waals surface area (Å²) < 4.78 is 0. The Bertz CT molecular complexity index is 248. The highest BCUT2D eigenvalue weighted by Gasteiger charge is 2.04. The predicted molar refractivity (Wildman–Crippen MR) is 44.4 cm³/mol. The van der Waals surface area contributed by atoms with Gasteiger partial charge in [0.15, 0.2) is 6.29 Å². The average molecular weight is 208 g/mol. The monoisotopic (exact) mass is 207 g/mol. The van der Waals surface area contributed by atoms with Crippen molar-refractivity contribution in [3.05, 3.63) is 22.2 Å². The third kappa shape index (κ3) is 2.37. The van der Waals surface area contributed by atoms with Gasteiger partial charge in [0, 0.05) is 9.90 Å². The minimum absolute atomic E-state index is 0. The lowest BCUT2D eigenvalue weighted by Gasteiger charge is -1.93. The Hall–Kier alpha value is -0.240. The van der Waals surface area contributed by atoms with E-state index in [2.05, 4.69) is 9.97 Å². The van der Waals surface area contributed by atoms with Gasteiger partial charge < -0.3 is 0 Å². The summed E-state index contributed by atoms with van der Waals surface area (Å²) in [6.45, 7) is 0. The minimum Gasteiger partial charge on any atom is -0.298 e. The maximum absolute atomic E-state index is 10.2. The van der Waals surface area contributed by atoms with Gasteiger partial charge >= 0.3 is 0 Å². The van der Waals surface area contributed by atoms with Crippen LogP contribution < -0.4 is 0 Å². The molecule has 0 aliphatic carbocycles. The van der Waals surface area contributed by atoms with Crippen LogP contribution in [0, 0.1) is 0 Å². The Balaban J connectivity index is 0.000001000. The van der Waals surface area contributed by atoms with E-state index in [1.165, 1.54) is 6.33 Å². The smallest absolute Gasteiger partial charge is 0.156 e. The van der Waals surface area contributed by atoms with Crippen molar-refractivity contribution in [2.75, 3.05) is 0 Å². The molecule has 3 radical (unpaired) electrons. The molecule has 0 atom stereocenters. The van der Waals surface area contributed by atoms with Crippen LogP contribution in [0.2, 0.25) is 10.3 Å². The molecule has 0 saturated carbocycles. The number of rotatable bonds is 1. The van der Waals surface area contributed by atoms with Crippen LogP contribution >= 0.6 is 33.1 Å². The first-order valence-electron chi connectivity index (χ1n) is 2.37.